The molecule has 0 radical (unpaired) electrons. The van der Waals surface area contributed by atoms with E-state index in [1.54, 1.807) is 0 Å². The minimum Gasteiger partial charge on any atom is -0.409 e. The highest BCUT2D eigenvalue weighted by atomic mass is 16.4. The third-order valence-electron chi connectivity index (χ3n) is 3.99. The molecule has 1 saturated heterocycles. The third kappa shape index (κ3) is 5.78. The van der Waals surface area contributed by atoms with Gasteiger partial charge in [0, 0.05) is 12.0 Å². The monoisotopic (exact) mass is 270 g/mol. The Morgan fingerprint density at radius 3 is 2.63 bits per heavy atom. The lowest BCUT2D eigenvalue weighted by molar-refractivity contribution is 0.280. The summed E-state index contributed by atoms with van der Waals surface area (Å²) in [6.45, 7) is 11.9. The maximum atomic E-state index is 8.71. The summed E-state index contributed by atoms with van der Waals surface area (Å²) >= 11 is 0. The van der Waals surface area contributed by atoms with E-state index in [4.69, 9.17) is 10.9 Å². The lowest BCUT2D eigenvalue weighted by atomic mass is 9.88. The Balaban J connectivity index is 2.12. The maximum Gasteiger partial charge on any atom is 0.144 e. The van der Waals surface area contributed by atoms with Crippen LogP contribution in [-0.2, 0) is 0 Å². The van der Waals surface area contributed by atoms with Crippen molar-refractivity contribution in [2.24, 2.45) is 22.2 Å². The van der Waals surface area contributed by atoms with E-state index in [2.05, 4.69) is 22.3 Å². The molecule has 0 spiro atoms. The molecule has 1 aliphatic rings. The number of hydrogen-bond acceptors (Lipinski definition) is 4. The number of nitrogens with two attached hydrogens (primary N) is 1. The van der Waals surface area contributed by atoms with Crippen LogP contribution in [0.15, 0.2) is 5.16 Å². The minimum absolute atomic E-state index is 0.250. The molecule has 19 heavy (non-hydrogen) atoms. The van der Waals surface area contributed by atoms with Crippen molar-refractivity contribution in [3.05, 3.63) is 0 Å². The lowest BCUT2D eigenvalue weighted by Gasteiger charge is -2.24. The fourth-order valence-electron chi connectivity index (χ4n) is 2.48. The highest BCUT2D eigenvalue weighted by Crippen LogP contribution is 2.19. The first-order valence-electron chi connectivity index (χ1n) is 7.37. The predicted octanol–water partition coefficient (Wildman–Crippen LogP) is 1.47. The zero-order valence-electron chi connectivity index (χ0n) is 12.7. The number of nitrogens with zero attached hydrogens (tertiary/aromatic N) is 2. The molecule has 112 valence electrons. The summed E-state index contributed by atoms with van der Waals surface area (Å²) in [6.07, 6.45) is 3.58. The van der Waals surface area contributed by atoms with E-state index in [1.165, 1.54) is 32.5 Å². The van der Waals surface area contributed by atoms with Gasteiger partial charge in [-0.15, -0.1) is 0 Å². The van der Waals surface area contributed by atoms with E-state index >= 15 is 0 Å². The fraction of sp³-hybridized carbons (Fsp3) is 0.929. The second-order valence-electron chi connectivity index (χ2n) is 6.44. The quantitative estimate of drug-likeness (QED) is 0.205. The van der Waals surface area contributed by atoms with Gasteiger partial charge in [-0.3, -0.25) is 0 Å². The van der Waals surface area contributed by atoms with E-state index in [0.717, 1.165) is 19.5 Å². The highest BCUT2D eigenvalue weighted by Gasteiger charge is 2.23. The van der Waals surface area contributed by atoms with Gasteiger partial charge in [0.05, 0.1) is 0 Å². The topological polar surface area (TPSA) is 73.9 Å². The van der Waals surface area contributed by atoms with Gasteiger partial charge in [-0.05, 0) is 51.4 Å². The number of hydrogen-bond donors (Lipinski definition) is 3. The normalized spacial score (nSPS) is 19.8. The number of rotatable bonds is 8. The molecule has 0 amide bonds. The van der Waals surface area contributed by atoms with Crippen molar-refractivity contribution >= 4 is 5.84 Å². The summed E-state index contributed by atoms with van der Waals surface area (Å²) in [4.78, 5) is 2.55. The van der Waals surface area contributed by atoms with Gasteiger partial charge in [-0.1, -0.05) is 25.9 Å². The van der Waals surface area contributed by atoms with Crippen LogP contribution >= 0.6 is 0 Å². The fourth-order valence-corrected chi connectivity index (χ4v) is 2.48. The van der Waals surface area contributed by atoms with Crippen molar-refractivity contribution in [2.75, 3.05) is 32.7 Å². The Kier molecular flexibility index (Phi) is 6.58. The molecule has 1 rings (SSSR count). The van der Waals surface area contributed by atoms with Crippen LogP contribution in [0.5, 0.6) is 0 Å². The van der Waals surface area contributed by atoms with Crippen LogP contribution in [-0.4, -0.2) is 48.7 Å². The zero-order chi connectivity index (χ0) is 14.3. The average Bonchev–Trinajstić information content (AvgIpc) is 2.86. The first-order valence-corrected chi connectivity index (χ1v) is 7.37. The Bertz CT molecular complexity index is 285. The van der Waals surface area contributed by atoms with Gasteiger partial charge in [-0.25, -0.2) is 0 Å². The van der Waals surface area contributed by atoms with E-state index < -0.39 is 0 Å². The molecule has 0 aromatic heterocycles. The summed E-state index contributed by atoms with van der Waals surface area (Å²) in [6, 6.07) is 0. The molecular weight excluding hydrogens is 240 g/mol. The molecule has 0 aromatic rings. The Labute approximate surface area is 117 Å². The van der Waals surface area contributed by atoms with Gasteiger partial charge in [-0.2, -0.15) is 0 Å². The van der Waals surface area contributed by atoms with Gasteiger partial charge in [0.25, 0.3) is 0 Å². The molecule has 5 heteroatoms. The number of amidine groups is 1. The van der Waals surface area contributed by atoms with Crippen molar-refractivity contribution in [1.82, 2.24) is 10.2 Å². The summed E-state index contributed by atoms with van der Waals surface area (Å²) in [5, 5.41) is 15.3. The van der Waals surface area contributed by atoms with E-state index in [0.29, 0.717) is 11.8 Å². The zero-order valence-corrected chi connectivity index (χ0v) is 12.7. The van der Waals surface area contributed by atoms with Crippen LogP contribution in [0.1, 0.15) is 40.0 Å². The molecule has 5 nitrogen and oxygen atoms in total. The molecular formula is C14H30N4O. The predicted molar refractivity (Wildman–Crippen MR) is 79.5 cm³/mol. The smallest absolute Gasteiger partial charge is 0.144 e. The molecule has 1 heterocycles. The molecule has 1 unspecified atom stereocenters. The SMILES string of the molecule is CC(CNCCC(C)(C)C(N)=NO)CN1CCCC1. The lowest BCUT2D eigenvalue weighted by Crippen LogP contribution is -2.37. The molecule has 4 N–H and O–H groups in total. The van der Waals surface area contributed by atoms with Gasteiger partial charge < -0.3 is 21.2 Å². The maximum absolute atomic E-state index is 8.71. The van der Waals surface area contributed by atoms with Gasteiger partial charge in [0.1, 0.15) is 5.84 Å². The van der Waals surface area contributed by atoms with Crippen molar-refractivity contribution in [3.63, 3.8) is 0 Å². The third-order valence-corrected chi connectivity index (χ3v) is 3.99. The molecule has 0 bridgehead atoms. The van der Waals surface area contributed by atoms with Crippen LogP contribution in [0.25, 0.3) is 0 Å². The summed E-state index contributed by atoms with van der Waals surface area (Å²) in [5.41, 5.74) is 5.42. The largest absolute Gasteiger partial charge is 0.409 e. The first-order chi connectivity index (χ1) is 8.95. The van der Waals surface area contributed by atoms with Crippen LogP contribution in [0, 0.1) is 11.3 Å². The number of nitrogens with one attached hydrogen (secondary N) is 1. The first kappa shape index (κ1) is 16.2. The van der Waals surface area contributed by atoms with Gasteiger partial charge in [0.2, 0.25) is 0 Å². The van der Waals surface area contributed by atoms with Crippen molar-refractivity contribution in [3.8, 4) is 0 Å². The van der Waals surface area contributed by atoms with Crippen LogP contribution in [0.2, 0.25) is 0 Å². The van der Waals surface area contributed by atoms with E-state index in [1.807, 2.05) is 13.8 Å². The van der Waals surface area contributed by atoms with Gasteiger partial charge >= 0.3 is 0 Å². The van der Waals surface area contributed by atoms with E-state index in [9.17, 15) is 0 Å². The Morgan fingerprint density at radius 1 is 1.42 bits per heavy atom. The second kappa shape index (κ2) is 7.70. The summed E-state index contributed by atoms with van der Waals surface area (Å²) < 4.78 is 0. The molecule has 0 aromatic carbocycles. The minimum atomic E-state index is -0.250. The molecule has 0 saturated carbocycles. The van der Waals surface area contributed by atoms with Gasteiger partial charge in [0.15, 0.2) is 0 Å². The van der Waals surface area contributed by atoms with Crippen LogP contribution in [0.4, 0.5) is 0 Å². The van der Waals surface area contributed by atoms with Crippen LogP contribution in [0.3, 0.4) is 0 Å². The van der Waals surface area contributed by atoms with Crippen molar-refractivity contribution in [1.29, 1.82) is 0 Å². The van der Waals surface area contributed by atoms with E-state index in [-0.39, 0.29) is 5.41 Å². The Morgan fingerprint density at radius 2 is 2.05 bits per heavy atom. The highest BCUT2D eigenvalue weighted by molar-refractivity contribution is 5.85. The summed E-state index contributed by atoms with van der Waals surface area (Å²) in [5.74, 6) is 0.976. The number of likely N-dealkylation sites (tertiary alicyclic amines) is 1. The van der Waals surface area contributed by atoms with Crippen molar-refractivity contribution < 1.29 is 5.21 Å². The summed E-state index contributed by atoms with van der Waals surface area (Å²) in [7, 11) is 0. The molecule has 1 aliphatic heterocycles. The number of oxime groups is 1. The average molecular weight is 270 g/mol. The standard InChI is InChI=1S/C14H30N4O/c1-12(11-18-8-4-5-9-18)10-16-7-6-14(2,3)13(15)17-19/h12,16,19H,4-11H2,1-3H3,(H2,15,17). The Hall–Kier alpha value is -0.810. The second-order valence-corrected chi connectivity index (χ2v) is 6.44. The van der Waals surface area contributed by atoms with Crippen molar-refractivity contribution in [2.45, 2.75) is 40.0 Å². The van der Waals surface area contributed by atoms with Crippen LogP contribution < -0.4 is 11.1 Å². The molecule has 0 aliphatic carbocycles. The molecule has 1 fully saturated rings. The molecule has 1 atom stereocenters.